The summed E-state index contributed by atoms with van der Waals surface area (Å²) in [6, 6.07) is -4.06. The Kier molecular flexibility index (Phi) is 16.0. The molecule has 1 aromatic carbocycles. The summed E-state index contributed by atoms with van der Waals surface area (Å²) in [6.07, 6.45) is -0.976. The van der Waals surface area contributed by atoms with Crippen LogP contribution in [0.15, 0.2) is 24.3 Å². The van der Waals surface area contributed by atoms with Crippen LogP contribution in [-0.4, -0.2) is 146 Å². The normalized spacial score (nSPS) is 28.6. The predicted octanol–water partition coefficient (Wildman–Crippen LogP) is -0.967. The summed E-state index contributed by atoms with van der Waals surface area (Å²) >= 11 is 0. The van der Waals surface area contributed by atoms with Gasteiger partial charge in [-0.3, -0.25) is 43.3 Å². The molecule has 0 saturated carbocycles. The van der Waals surface area contributed by atoms with Crippen molar-refractivity contribution >= 4 is 47.3 Å². The third kappa shape index (κ3) is 12.6. The van der Waals surface area contributed by atoms with Crippen LogP contribution in [0.1, 0.15) is 92.6 Å². The molecule has 0 spiro atoms. The van der Waals surface area contributed by atoms with Gasteiger partial charge in [-0.1, -0.05) is 26.0 Å². The number of hydrogen-bond acceptors (Lipinski definition) is 11. The number of nitrogens with zero attached hydrogens (tertiary/aromatic N) is 2. The van der Waals surface area contributed by atoms with Crippen molar-refractivity contribution in [2.75, 3.05) is 13.1 Å². The molecular weight excluding hydrogens is 780 g/mol. The third-order valence-corrected chi connectivity index (χ3v) is 10.8. The molecule has 3 aliphatic rings. The maximum absolute atomic E-state index is 14.6. The van der Waals surface area contributed by atoms with Gasteiger partial charge in [-0.2, -0.15) is 0 Å². The first kappa shape index (κ1) is 47.4. The van der Waals surface area contributed by atoms with Crippen LogP contribution in [0.3, 0.4) is 0 Å². The molecule has 1 unspecified atom stereocenters. The molecule has 3 fully saturated rings. The lowest BCUT2D eigenvalue weighted by Crippen LogP contribution is -2.65. The van der Waals surface area contributed by atoms with Gasteiger partial charge in [0.1, 0.15) is 42.0 Å². The van der Waals surface area contributed by atoms with Crippen LogP contribution >= 0.6 is 0 Å². The number of phenolic OH excluding ortho intramolecular Hbond substituents is 1. The highest BCUT2D eigenvalue weighted by Gasteiger charge is 2.45. The quantitative estimate of drug-likeness (QED) is 0.153. The number of carboxylic acids is 1. The molecule has 1 aromatic rings. The first-order valence-corrected chi connectivity index (χ1v) is 20.6. The molecule has 19 nitrogen and oxygen atoms in total. The summed E-state index contributed by atoms with van der Waals surface area (Å²) in [5.74, 6) is -6.93. The van der Waals surface area contributed by atoms with E-state index in [4.69, 9.17) is 0 Å². The molecule has 60 heavy (non-hydrogen) atoms. The molecule has 7 amide bonds. The van der Waals surface area contributed by atoms with E-state index in [0.717, 1.165) is 0 Å². The van der Waals surface area contributed by atoms with Gasteiger partial charge in [0.15, 0.2) is 0 Å². The number of benzene rings is 1. The summed E-state index contributed by atoms with van der Waals surface area (Å²) in [7, 11) is 0. The molecule has 3 heterocycles. The summed E-state index contributed by atoms with van der Waals surface area (Å²) in [5.41, 5.74) is -0.145. The highest BCUT2D eigenvalue weighted by Crippen LogP contribution is 2.25. The Bertz CT molecular complexity index is 1760. The van der Waals surface area contributed by atoms with E-state index < -0.39 is 114 Å². The second-order valence-corrected chi connectivity index (χ2v) is 17.6. The molecule has 9 N–H and O–H groups in total. The van der Waals surface area contributed by atoms with Crippen LogP contribution < -0.4 is 31.9 Å². The molecule has 4 rings (SSSR count). The van der Waals surface area contributed by atoms with Crippen molar-refractivity contribution < 1.29 is 53.7 Å². The SMILES string of the molecule is CC(C)C[C@H]1NC(=O)[C@H]2CCCN2C(=O)[C@H](Cc2ccc(O)cc2)NC(=O)[C@@H]2CCCN2C(C(=O)NC(C)(C)C)[C@H](C)NC(=O)[C@H]([C@@H](C)O)NC(=O)[C@H](CC(=O)O)NC1=O. The number of phenols is 1. The Labute approximate surface area is 350 Å². The van der Waals surface area contributed by atoms with Gasteiger partial charge in [-0.15, -0.1) is 0 Å². The minimum absolute atomic E-state index is 0.00567. The summed E-state index contributed by atoms with van der Waals surface area (Å²) in [6.45, 7) is 12.0. The molecule has 0 aromatic heterocycles. The molecule has 9 atom stereocenters. The van der Waals surface area contributed by atoms with Gasteiger partial charge in [-0.25, -0.2) is 0 Å². The van der Waals surface area contributed by atoms with Crippen molar-refractivity contribution in [3.8, 4) is 5.75 Å². The van der Waals surface area contributed by atoms with Gasteiger partial charge < -0.3 is 52.1 Å². The number of aliphatic hydroxyl groups excluding tert-OH is 1. The fourth-order valence-electron chi connectivity index (χ4n) is 8.03. The Hall–Kier alpha value is -5.30. The number of carbonyl (C=O) groups excluding carboxylic acids is 7. The molecule has 3 aliphatic heterocycles. The lowest BCUT2D eigenvalue weighted by atomic mass is 10.0. The number of aliphatic carboxylic acids is 1. The fraction of sp³-hybridized carbons (Fsp3) is 0.659. The molecule has 3 saturated heterocycles. The number of carboxylic acid groups (broad SMARTS) is 1. The second kappa shape index (κ2) is 20.3. The summed E-state index contributed by atoms with van der Waals surface area (Å²) < 4.78 is 0. The van der Waals surface area contributed by atoms with Crippen LogP contribution in [0.2, 0.25) is 0 Å². The minimum atomic E-state index is -1.75. The van der Waals surface area contributed by atoms with E-state index >= 15 is 0 Å². The average molecular weight is 843 g/mol. The van der Waals surface area contributed by atoms with Crippen LogP contribution in [0.5, 0.6) is 5.75 Å². The van der Waals surface area contributed by atoms with Crippen molar-refractivity contribution in [1.82, 2.24) is 41.7 Å². The van der Waals surface area contributed by atoms with Gasteiger partial charge in [0.05, 0.1) is 24.6 Å². The Morgan fingerprint density at radius 1 is 0.783 bits per heavy atom. The molecule has 0 aliphatic carbocycles. The highest BCUT2D eigenvalue weighted by molar-refractivity contribution is 5.98. The van der Waals surface area contributed by atoms with Crippen molar-refractivity contribution in [3.63, 3.8) is 0 Å². The number of rotatable bonds is 8. The number of fused-ring (bicyclic) bond motifs is 2. The maximum Gasteiger partial charge on any atom is 0.305 e. The lowest BCUT2D eigenvalue weighted by molar-refractivity contribution is -0.143. The van der Waals surface area contributed by atoms with E-state index in [9.17, 15) is 53.7 Å². The van der Waals surface area contributed by atoms with Gasteiger partial charge >= 0.3 is 5.97 Å². The Balaban J connectivity index is 1.83. The van der Waals surface area contributed by atoms with E-state index in [-0.39, 0.29) is 50.4 Å². The minimum Gasteiger partial charge on any atom is -0.508 e. The number of aliphatic hydroxyl groups is 1. The van der Waals surface area contributed by atoms with Gasteiger partial charge in [0.25, 0.3) is 0 Å². The average Bonchev–Trinajstić information content (AvgIpc) is 3.83. The maximum atomic E-state index is 14.6. The van der Waals surface area contributed by atoms with Crippen molar-refractivity contribution in [1.29, 1.82) is 0 Å². The van der Waals surface area contributed by atoms with Gasteiger partial charge in [0.2, 0.25) is 41.4 Å². The Morgan fingerprint density at radius 3 is 1.95 bits per heavy atom. The van der Waals surface area contributed by atoms with Crippen LogP contribution in [0.4, 0.5) is 0 Å². The lowest BCUT2D eigenvalue weighted by Gasteiger charge is -2.38. The largest absolute Gasteiger partial charge is 0.508 e. The number of hydrogen-bond donors (Lipinski definition) is 9. The molecular formula is C41H62N8O11. The molecule has 0 bridgehead atoms. The zero-order chi connectivity index (χ0) is 44.6. The smallest absolute Gasteiger partial charge is 0.305 e. The van der Waals surface area contributed by atoms with Crippen LogP contribution in [0, 0.1) is 5.92 Å². The molecule has 332 valence electrons. The van der Waals surface area contributed by atoms with E-state index in [0.29, 0.717) is 18.4 Å². The van der Waals surface area contributed by atoms with E-state index in [1.807, 2.05) is 0 Å². The summed E-state index contributed by atoms with van der Waals surface area (Å²) in [5, 5.41) is 46.4. The highest BCUT2D eigenvalue weighted by atomic mass is 16.4. The number of carbonyl (C=O) groups is 8. The first-order chi connectivity index (χ1) is 28.1. The standard InChI is InChI=1S/C41H62N8O11/c1-21(2)18-26-34(54)43-27(20-31(52)53)35(55)46-32(23(4)50)38(58)42-22(3)33(39(59)47-41(5,6)7)48-16-8-10-29(48)36(56)45-28(19-24-12-14-25(51)15-13-24)40(60)49-17-9-11-30(49)37(57)44-26/h12-15,21-23,26-30,32-33,50-51H,8-11,16-20H2,1-7H3,(H,42,58)(H,43,54)(H,44,57)(H,45,56)(H,46,55)(H,47,59)(H,52,53)/t22-,23+,26+,27-,28-,29-,30+,32-,33?/m0/s1. The van der Waals surface area contributed by atoms with Crippen molar-refractivity contribution in [2.24, 2.45) is 5.92 Å². The summed E-state index contributed by atoms with van der Waals surface area (Å²) in [4.78, 5) is 113. The topological polar surface area (TPSA) is 276 Å². The monoisotopic (exact) mass is 842 g/mol. The zero-order valence-electron chi connectivity index (χ0n) is 35.4. The first-order valence-electron chi connectivity index (χ1n) is 20.6. The van der Waals surface area contributed by atoms with Crippen LogP contribution in [0.25, 0.3) is 0 Å². The fourth-order valence-corrected chi connectivity index (χ4v) is 8.03. The van der Waals surface area contributed by atoms with E-state index in [1.54, 1.807) is 51.7 Å². The van der Waals surface area contributed by atoms with Gasteiger partial charge in [0, 0.05) is 18.5 Å². The third-order valence-electron chi connectivity index (χ3n) is 10.8. The zero-order valence-corrected chi connectivity index (χ0v) is 35.4. The van der Waals surface area contributed by atoms with Gasteiger partial charge in [-0.05, 0) is 96.9 Å². The van der Waals surface area contributed by atoms with Crippen molar-refractivity contribution in [3.05, 3.63) is 29.8 Å². The number of amides is 7. The van der Waals surface area contributed by atoms with Crippen LogP contribution in [-0.2, 0) is 44.8 Å². The van der Waals surface area contributed by atoms with E-state index in [1.165, 1.54) is 30.9 Å². The second-order valence-electron chi connectivity index (χ2n) is 17.6. The predicted molar refractivity (Wildman–Crippen MR) is 217 cm³/mol. The van der Waals surface area contributed by atoms with E-state index in [2.05, 4.69) is 31.9 Å². The number of nitrogens with one attached hydrogen (secondary N) is 6. The van der Waals surface area contributed by atoms with Crippen molar-refractivity contribution in [2.45, 2.75) is 153 Å². The molecule has 0 radical (unpaired) electrons. The number of aromatic hydroxyl groups is 1. The molecule has 19 heteroatoms. The Morgan fingerprint density at radius 2 is 1.35 bits per heavy atom.